The second-order valence-electron chi connectivity index (χ2n) is 18.4. The number of nitrogens with two attached hydrogens (primary N) is 1. The summed E-state index contributed by atoms with van der Waals surface area (Å²) in [5.74, 6) is -8.13. The topological polar surface area (TPSA) is 335 Å². The summed E-state index contributed by atoms with van der Waals surface area (Å²) in [5.41, 5.74) is 8.32. The molecule has 400 valence electrons. The summed E-state index contributed by atoms with van der Waals surface area (Å²) in [5, 5.41) is 53.6. The molecule has 4 aromatic rings. The van der Waals surface area contributed by atoms with Crippen LogP contribution >= 0.6 is 21.6 Å². The number of aliphatic carboxylic acids is 1. The fourth-order valence-electron chi connectivity index (χ4n) is 8.06. The molecule has 1 aromatic heterocycles. The lowest BCUT2D eigenvalue weighted by Gasteiger charge is -2.30. The Bertz CT molecular complexity index is 2520. The van der Waals surface area contributed by atoms with Crippen LogP contribution in [0.5, 0.6) is 5.75 Å². The summed E-state index contributed by atoms with van der Waals surface area (Å²) >= 11 is 0. The first-order valence-corrected chi connectivity index (χ1v) is 26.9. The van der Waals surface area contributed by atoms with Gasteiger partial charge < -0.3 is 68.6 Å². The van der Waals surface area contributed by atoms with E-state index >= 15 is 0 Å². The number of carbonyl (C=O) groups is 8. The molecule has 0 saturated carbocycles. The Balaban J connectivity index is 1.54. The predicted molar refractivity (Wildman–Crippen MR) is 282 cm³/mol. The van der Waals surface area contributed by atoms with E-state index in [1.165, 1.54) is 31.2 Å². The molecule has 9 atom stereocenters. The number of aromatic amines is 1. The Labute approximate surface area is 437 Å². The van der Waals surface area contributed by atoms with E-state index in [0.717, 1.165) is 38.2 Å². The number of carboxylic acids is 1. The molecule has 1 saturated heterocycles. The maximum atomic E-state index is 14.5. The number of fused-ring (bicyclic) bond motifs is 1. The second kappa shape index (κ2) is 28.7. The molecule has 1 fully saturated rings. The molecule has 14 N–H and O–H groups in total. The van der Waals surface area contributed by atoms with E-state index in [1.807, 2.05) is 30.3 Å². The van der Waals surface area contributed by atoms with Crippen molar-refractivity contribution in [3.63, 3.8) is 0 Å². The lowest BCUT2D eigenvalue weighted by Crippen LogP contribution is -2.63. The molecule has 9 unspecified atom stereocenters. The fraction of sp³-hybridized carbons (Fsp3) is 0.451. The SMILES string of the molecule is CNC(Cc1cc2ccccc2[nH]1)C(=O)NC1CSSCC(C(=O)NC(CCCCN)C(=O)O)NC(=O)C(Cc2ccc(O)cc2)NC(=O)C(C(C)O)NC(=O)C(Cc2ccccc2)NC(=O)C(C(C)C)NC1=O. The van der Waals surface area contributed by atoms with Crippen molar-refractivity contribution in [3.8, 4) is 5.75 Å². The molecule has 0 spiro atoms. The number of amides is 7. The third-order valence-electron chi connectivity index (χ3n) is 12.3. The van der Waals surface area contributed by atoms with Gasteiger partial charge in [0.2, 0.25) is 41.4 Å². The van der Waals surface area contributed by atoms with Crippen molar-refractivity contribution < 1.29 is 53.7 Å². The summed E-state index contributed by atoms with van der Waals surface area (Å²) in [4.78, 5) is 116. The molecule has 1 aliphatic rings. The van der Waals surface area contributed by atoms with Gasteiger partial charge in [-0.05, 0) is 86.5 Å². The zero-order valence-corrected chi connectivity index (χ0v) is 43.4. The van der Waals surface area contributed by atoms with E-state index in [2.05, 4.69) is 47.5 Å². The fourth-order valence-corrected chi connectivity index (χ4v) is 10.4. The van der Waals surface area contributed by atoms with Crippen molar-refractivity contribution in [3.05, 3.63) is 102 Å². The quantitative estimate of drug-likeness (QED) is 0.0478. The molecule has 74 heavy (non-hydrogen) atoms. The van der Waals surface area contributed by atoms with Gasteiger partial charge in [-0.3, -0.25) is 33.6 Å². The van der Waals surface area contributed by atoms with Gasteiger partial charge in [-0.1, -0.05) is 96.1 Å². The number of unbranched alkanes of at least 4 members (excludes halogenated alkanes) is 1. The number of para-hydroxylation sites is 1. The Hall–Kier alpha value is -6.66. The number of H-pyrrole nitrogens is 1. The third kappa shape index (κ3) is 17.5. The minimum absolute atomic E-state index is 0.0266. The van der Waals surface area contributed by atoms with E-state index in [9.17, 15) is 53.7 Å². The molecule has 2 heterocycles. The van der Waals surface area contributed by atoms with Gasteiger partial charge in [-0.15, -0.1) is 0 Å². The zero-order valence-electron chi connectivity index (χ0n) is 41.7. The number of phenols is 1. The third-order valence-corrected chi connectivity index (χ3v) is 14.7. The Kier molecular flexibility index (Phi) is 22.6. The maximum Gasteiger partial charge on any atom is 0.326 e. The summed E-state index contributed by atoms with van der Waals surface area (Å²) in [6.45, 7) is 4.89. The highest BCUT2D eigenvalue weighted by Crippen LogP contribution is 2.25. The van der Waals surface area contributed by atoms with Gasteiger partial charge in [-0.25, -0.2) is 4.79 Å². The zero-order chi connectivity index (χ0) is 53.9. The first-order chi connectivity index (χ1) is 35.4. The second-order valence-corrected chi connectivity index (χ2v) is 21.0. The smallest absolute Gasteiger partial charge is 0.326 e. The van der Waals surface area contributed by atoms with Gasteiger partial charge in [0.1, 0.15) is 48.0 Å². The van der Waals surface area contributed by atoms with Crippen molar-refractivity contribution in [1.29, 1.82) is 0 Å². The number of rotatable bonds is 18. The molecule has 3 aromatic carbocycles. The first-order valence-electron chi connectivity index (χ1n) is 24.4. The van der Waals surface area contributed by atoms with Crippen LogP contribution in [0.3, 0.4) is 0 Å². The normalized spacial score (nSPS) is 22.0. The number of hydrogen-bond donors (Lipinski definition) is 13. The van der Waals surface area contributed by atoms with E-state index in [0.29, 0.717) is 30.5 Å². The number of benzene rings is 3. The number of likely N-dealkylation sites (N-methyl/N-ethyl adjacent to an activating group) is 1. The lowest BCUT2D eigenvalue weighted by atomic mass is 10.00. The molecule has 0 aliphatic carbocycles. The largest absolute Gasteiger partial charge is 0.508 e. The Morgan fingerprint density at radius 2 is 1.31 bits per heavy atom. The van der Waals surface area contributed by atoms with E-state index in [1.54, 1.807) is 51.2 Å². The van der Waals surface area contributed by atoms with Crippen LogP contribution in [0.1, 0.15) is 56.9 Å². The number of aliphatic hydroxyl groups is 1. The molecule has 0 bridgehead atoms. The molecule has 0 radical (unpaired) electrons. The van der Waals surface area contributed by atoms with Gasteiger partial charge in [-0.2, -0.15) is 0 Å². The summed E-state index contributed by atoms with van der Waals surface area (Å²) < 4.78 is 0. The summed E-state index contributed by atoms with van der Waals surface area (Å²) in [6, 6.07) is 13.1. The van der Waals surface area contributed by atoms with Crippen LogP contribution in [0.2, 0.25) is 0 Å². The Morgan fingerprint density at radius 3 is 1.92 bits per heavy atom. The number of phenolic OH excluding ortho intramolecular Hbond substituents is 1. The molecule has 23 heteroatoms. The van der Waals surface area contributed by atoms with Crippen molar-refractivity contribution in [2.24, 2.45) is 11.7 Å². The minimum Gasteiger partial charge on any atom is -0.508 e. The number of hydrogen-bond acceptors (Lipinski definition) is 14. The van der Waals surface area contributed by atoms with Crippen LogP contribution in [0.4, 0.5) is 0 Å². The van der Waals surface area contributed by atoms with E-state index < -0.39 is 108 Å². The molecule has 21 nitrogen and oxygen atoms in total. The van der Waals surface area contributed by atoms with Gasteiger partial charge in [0.05, 0.1) is 12.1 Å². The predicted octanol–water partition coefficient (Wildman–Crippen LogP) is 0.528. The molecular formula is C51H68N10O11S2. The van der Waals surface area contributed by atoms with Gasteiger partial charge in [0.15, 0.2) is 0 Å². The van der Waals surface area contributed by atoms with Crippen molar-refractivity contribution in [1.82, 2.24) is 47.5 Å². The van der Waals surface area contributed by atoms with Crippen LogP contribution in [0.15, 0.2) is 84.9 Å². The highest BCUT2D eigenvalue weighted by atomic mass is 33.1. The van der Waals surface area contributed by atoms with E-state index in [-0.39, 0.29) is 42.9 Å². The van der Waals surface area contributed by atoms with Crippen LogP contribution < -0.4 is 48.3 Å². The average Bonchev–Trinajstić information content (AvgIpc) is 3.79. The van der Waals surface area contributed by atoms with Crippen LogP contribution in [0.25, 0.3) is 10.9 Å². The first kappa shape index (κ1) is 58.2. The van der Waals surface area contributed by atoms with Gasteiger partial charge in [0, 0.05) is 42.0 Å². The van der Waals surface area contributed by atoms with Crippen molar-refractivity contribution in [2.45, 2.75) is 114 Å². The number of aliphatic hydroxyl groups excluding tert-OH is 1. The summed E-state index contributed by atoms with van der Waals surface area (Å²) in [6.07, 6.45) is -0.795. The monoisotopic (exact) mass is 1060 g/mol. The maximum absolute atomic E-state index is 14.5. The summed E-state index contributed by atoms with van der Waals surface area (Å²) in [7, 11) is 3.67. The van der Waals surface area contributed by atoms with Gasteiger partial charge >= 0.3 is 5.97 Å². The lowest BCUT2D eigenvalue weighted by molar-refractivity contribution is -0.142. The molecule has 5 rings (SSSR count). The number of carbonyl (C=O) groups excluding carboxylic acids is 7. The van der Waals surface area contributed by atoms with Crippen molar-refractivity contribution in [2.75, 3.05) is 25.1 Å². The van der Waals surface area contributed by atoms with Crippen LogP contribution in [-0.4, -0.2) is 147 Å². The number of aromatic nitrogens is 1. The number of carboxylic acid groups (broad SMARTS) is 1. The highest BCUT2D eigenvalue weighted by Gasteiger charge is 2.37. The Morgan fingerprint density at radius 1 is 0.716 bits per heavy atom. The van der Waals surface area contributed by atoms with E-state index in [4.69, 9.17) is 5.73 Å². The minimum atomic E-state index is -1.71. The highest BCUT2D eigenvalue weighted by molar-refractivity contribution is 8.76. The van der Waals surface area contributed by atoms with Crippen molar-refractivity contribution >= 4 is 79.8 Å². The standard InChI is InChI=1S/C51H68N10O11S2/c1-28(2)42-49(69)56-39(22-30-12-6-5-7-13-30)46(66)61-43(29(3)62)50(70)57-38(23-31-17-19-34(63)20-18-31)45(65)59-40(47(67)55-36(51(71)72)16-10-11-21-52)26-73-74-27-41(48(68)60-42)58-44(64)37(53-4)25-33-24-32-14-8-9-15-35(32)54-33/h5-9,12-15,17-20,24,28-29,36-43,53-54,62-63H,10-11,16,21-23,25-27,52H2,1-4H3,(H,55,67)(H,56,69)(H,57,70)(H,58,64)(H,59,65)(H,60,68)(H,61,66)(H,71,72). The number of nitrogens with one attached hydrogen (secondary N) is 9. The van der Waals surface area contributed by atoms with Crippen LogP contribution in [-0.2, 0) is 57.6 Å². The van der Waals surface area contributed by atoms with Gasteiger partial charge in [0.25, 0.3) is 0 Å². The molecule has 7 amide bonds. The number of aromatic hydroxyl groups is 1. The average molecular weight is 1060 g/mol. The van der Waals surface area contributed by atoms with Crippen LogP contribution in [0, 0.1) is 5.92 Å². The molecule has 1 aliphatic heterocycles. The molecular weight excluding hydrogens is 993 g/mol.